The summed E-state index contributed by atoms with van der Waals surface area (Å²) in [5.41, 5.74) is 1.21. The number of benzene rings is 1. The molecule has 2 aromatic heterocycles. The van der Waals surface area contributed by atoms with Crippen molar-refractivity contribution < 1.29 is 13.2 Å². The van der Waals surface area contributed by atoms with E-state index >= 15 is 0 Å². The number of fused-ring (bicyclic) bond motifs is 1. The molecule has 7 heteroatoms. The Kier molecular flexibility index (Phi) is 3.23. The van der Waals surface area contributed by atoms with Crippen molar-refractivity contribution >= 4 is 27.0 Å². The molecule has 1 saturated carbocycles. The smallest absolute Gasteiger partial charge is 0.321 e. The van der Waals surface area contributed by atoms with E-state index < -0.39 is 11.7 Å². The molecule has 0 amide bonds. The number of imidazole rings is 1. The van der Waals surface area contributed by atoms with Crippen molar-refractivity contribution in [1.82, 2.24) is 14.5 Å². The Balaban J connectivity index is 1.95. The molecule has 1 aromatic carbocycles. The number of hydrogen-bond acceptors (Lipinski definition) is 2. The summed E-state index contributed by atoms with van der Waals surface area (Å²) in [5, 5.41) is 0. The van der Waals surface area contributed by atoms with E-state index in [1.165, 1.54) is 6.07 Å². The average Bonchev–Trinajstić information content (AvgIpc) is 3.25. The van der Waals surface area contributed by atoms with Crippen molar-refractivity contribution in [3.05, 3.63) is 46.7 Å². The third-order valence-corrected chi connectivity index (χ3v) is 4.33. The van der Waals surface area contributed by atoms with Gasteiger partial charge in [0.25, 0.3) is 0 Å². The highest BCUT2D eigenvalue weighted by Crippen LogP contribution is 2.42. The molecule has 0 radical (unpaired) electrons. The Bertz CT molecular complexity index is 897. The topological polar surface area (TPSA) is 30.7 Å². The van der Waals surface area contributed by atoms with E-state index in [9.17, 15) is 13.2 Å². The summed E-state index contributed by atoms with van der Waals surface area (Å²) in [6, 6.07) is 5.91. The van der Waals surface area contributed by atoms with Crippen LogP contribution in [0.15, 0.2) is 41.1 Å². The maximum Gasteiger partial charge on any atom is 0.416 e. The number of aromatic nitrogens is 3. The van der Waals surface area contributed by atoms with E-state index in [2.05, 4.69) is 25.9 Å². The van der Waals surface area contributed by atoms with Gasteiger partial charge in [-0.3, -0.25) is 4.98 Å². The first kappa shape index (κ1) is 14.7. The van der Waals surface area contributed by atoms with Gasteiger partial charge in [0.1, 0.15) is 5.82 Å². The molecule has 0 unspecified atom stereocenters. The summed E-state index contributed by atoms with van der Waals surface area (Å²) in [5.74, 6) is 0.663. The van der Waals surface area contributed by atoms with E-state index in [0.29, 0.717) is 17.4 Å². The van der Waals surface area contributed by atoms with Crippen LogP contribution in [-0.2, 0) is 6.18 Å². The van der Waals surface area contributed by atoms with E-state index in [1.807, 2.05) is 10.6 Å². The summed E-state index contributed by atoms with van der Waals surface area (Å²) >= 11 is 3.37. The maximum atomic E-state index is 12.9. The lowest BCUT2D eigenvalue weighted by atomic mass is 10.2. The molecule has 1 aliphatic rings. The van der Waals surface area contributed by atoms with Gasteiger partial charge in [-0.15, -0.1) is 0 Å². The zero-order valence-electron chi connectivity index (χ0n) is 11.8. The molecule has 0 bridgehead atoms. The Morgan fingerprint density at radius 3 is 2.57 bits per heavy atom. The number of rotatable bonds is 2. The highest BCUT2D eigenvalue weighted by atomic mass is 79.9. The fourth-order valence-electron chi connectivity index (χ4n) is 2.72. The Hall–Kier alpha value is -1.89. The van der Waals surface area contributed by atoms with Gasteiger partial charge in [0.2, 0.25) is 0 Å². The molecule has 3 nitrogen and oxygen atoms in total. The third-order valence-electron chi connectivity index (χ3n) is 3.89. The predicted octanol–water partition coefficient (Wildman–Crippen LogP) is 5.21. The lowest BCUT2D eigenvalue weighted by molar-refractivity contribution is -0.137. The first-order valence-electron chi connectivity index (χ1n) is 7.13. The second kappa shape index (κ2) is 5.06. The third kappa shape index (κ3) is 2.63. The molecule has 4 rings (SSSR count). The summed E-state index contributed by atoms with van der Waals surface area (Å²) in [6.45, 7) is 0. The minimum absolute atomic E-state index is 0.297. The molecule has 2 heterocycles. The molecule has 23 heavy (non-hydrogen) atoms. The zero-order valence-corrected chi connectivity index (χ0v) is 13.4. The quantitative estimate of drug-likeness (QED) is 0.609. The van der Waals surface area contributed by atoms with Crippen LogP contribution < -0.4 is 0 Å². The number of alkyl halides is 3. The molecular weight excluding hydrogens is 371 g/mol. The molecule has 118 valence electrons. The summed E-state index contributed by atoms with van der Waals surface area (Å²) in [7, 11) is 0. The number of nitrogens with zero attached hydrogens (tertiary/aromatic N) is 3. The SMILES string of the molecule is FC(F)(F)c1ccc2c(c1)nc(-c1cncc(Br)c1)n2C1CC1. The maximum absolute atomic E-state index is 12.9. The normalized spacial score (nSPS) is 15.3. The largest absolute Gasteiger partial charge is 0.416 e. The fourth-order valence-corrected chi connectivity index (χ4v) is 3.08. The van der Waals surface area contributed by atoms with Gasteiger partial charge in [0, 0.05) is 28.5 Å². The van der Waals surface area contributed by atoms with Crippen molar-refractivity contribution in [2.24, 2.45) is 0 Å². The first-order valence-corrected chi connectivity index (χ1v) is 7.93. The van der Waals surface area contributed by atoms with Crippen LogP contribution in [0.4, 0.5) is 13.2 Å². The van der Waals surface area contributed by atoms with E-state index in [4.69, 9.17) is 0 Å². The van der Waals surface area contributed by atoms with Gasteiger partial charge in [-0.25, -0.2) is 4.98 Å². The number of halogens is 4. The molecule has 0 atom stereocenters. The van der Waals surface area contributed by atoms with Crippen molar-refractivity contribution in [3.63, 3.8) is 0 Å². The van der Waals surface area contributed by atoms with Crippen LogP contribution in [0, 0.1) is 0 Å². The summed E-state index contributed by atoms with van der Waals surface area (Å²) < 4.78 is 41.6. The van der Waals surface area contributed by atoms with Gasteiger partial charge in [0.15, 0.2) is 0 Å². The van der Waals surface area contributed by atoms with Gasteiger partial charge in [-0.1, -0.05) is 0 Å². The van der Waals surface area contributed by atoms with E-state index in [0.717, 1.165) is 40.5 Å². The molecule has 3 aromatic rings. The van der Waals surface area contributed by atoms with Crippen LogP contribution in [-0.4, -0.2) is 14.5 Å². The van der Waals surface area contributed by atoms with Gasteiger partial charge in [0.05, 0.1) is 16.6 Å². The van der Waals surface area contributed by atoms with Crippen LogP contribution >= 0.6 is 15.9 Å². The van der Waals surface area contributed by atoms with Crippen LogP contribution in [0.3, 0.4) is 0 Å². The monoisotopic (exact) mass is 381 g/mol. The van der Waals surface area contributed by atoms with Crippen molar-refractivity contribution in [2.45, 2.75) is 25.1 Å². The van der Waals surface area contributed by atoms with Gasteiger partial charge in [-0.05, 0) is 53.0 Å². The molecule has 0 spiro atoms. The second-order valence-corrected chi connectivity index (χ2v) is 6.55. The standard InChI is InChI=1S/C16H11BrF3N3/c17-11-5-9(7-21-8-11)15-22-13-6-10(16(18,19)20)1-4-14(13)23(15)12-2-3-12/h1,4-8,12H,2-3H2. The molecule has 1 aliphatic carbocycles. The summed E-state index contributed by atoms with van der Waals surface area (Å²) in [6.07, 6.45) is 1.00. The van der Waals surface area contributed by atoms with Crippen LogP contribution in [0.25, 0.3) is 22.4 Å². The van der Waals surface area contributed by atoms with E-state index in [-0.39, 0.29) is 0 Å². The minimum atomic E-state index is -4.37. The zero-order chi connectivity index (χ0) is 16.2. The highest BCUT2D eigenvalue weighted by molar-refractivity contribution is 9.10. The van der Waals surface area contributed by atoms with Crippen LogP contribution in [0.1, 0.15) is 24.4 Å². The molecule has 0 N–H and O–H groups in total. The minimum Gasteiger partial charge on any atom is -0.321 e. The Labute approximate surface area is 138 Å². The highest BCUT2D eigenvalue weighted by Gasteiger charge is 2.33. The van der Waals surface area contributed by atoms with Crippen LogP contribution in [0.2, 0.25) is 0 Å². The Morgan fingerprint density at radius 1 is 1.13 bits per heavy atom. The molecule has 0 saturated heterocycles. The van der Waals surface area contributed by atoms with Crippen molar-refractivity contribution in [2.75, 3.05) is 0 Å². The van der Waals surface area contributed by atoms with Crippen LogP contribution in [0.5, 0.6) is 0 Å². The lowest BCUT2D eigenvalue weighted by Crippen LogP contribution is -2.04. The fraction of sp³-hybridized carbons (Fsp3) is 0.250. The second-order valence-electron chi connectivity index (χ2n) is 5.63. The number of hydrogen-bond donors (Lipinski definition) is 0. The molecule has 1 fully saturated rings. The first-order chi connectivity index (χ1) is 10.9. The van der Waals surface area contributed by atoms with E-state index in [1.54, 1.807) is 12.4 Å². The van der Waals surface area contributed by atoms with Gasteiger partial charge in [-0.2, -0.15) is 13.2 Å². The van der Waals surface area contributed by atoms with Gasteiger partial charge < -0.3 is 4.57 Å². The van der Waals surface area contributed by atoms with Gasteiger partial charge >= 0.3 is 6.18 Å². The molecule has 0 aliphatic heterocycles. The summed E-state index contributed by atoms with van der Waals surface area (Å²) in [4.78, 5) is 8.59. The van der Waals surface area contributed by atoms with Crippen molar-refractivity contribution in [1.29, 1.82) is 0 Å². The lowest BCUT2D eigenvalue weighted by Gasteiger charge is -2.08. The number of pyridine rings is 1. The predicted molar refractivity (Wildman–Crippen MR) is 83.9 cm³/mol. The average molecular weight is 382 g/mol. The Morgan fingerprint density at radius 2 is 1.91 bits per heavy atom. The molecular formula is C16H11BrF3N3. The van der Waals surface area contributed by atoms with Crippen molar-refractivity contribution in [3.8, 4) is 11.4 Å².